The zero-order valence-corrected chi connectivity index (χ0v) is 20.7. The Labute approximate surface area is 221 Å². The zero-order chi connectivity index (χ0) is 28.5. The first-order chi connectivity index (χ1) is 18.5. The van der Waals surface area contributed by atoms with E-state index >= 15 is 0 Å². The number of hydrogen-bond acceptors (Lipinski definition) is 6. The Morgan fingerprint density at radius 2 is 1.62 bits per heavy atom. The Morgan fingerprint density at radius 3 is 2.23 bits per heavy atom. The fraction of sp³-hybridized carbons (Fsp3) is 0.269. The largest absolute Gasteiger partial charge is 0.478 e. The van der Waals surface area contributed by atoms with Gasteiger partial charge in [-0.2, -0.15) is 5.10 Å². The van der Waals surface area contributed by atoms with Crippen LogP contribution in [-0.2, 0) is 9.59 Å². The van der Waals surface area contributed by atoms with E-state index in [0.717, 1.165) is 49.1 Å². The van der Waals surface area contributed by atoms with Crippen LogP contribution in [0.15, 0.2) is 48.6 Å². The highest BCUT2D eigenvalue weighted by atomic mass is 19.1. The number of nitrogens with two attached hydrogens (primary N) is 1. The number of aromatic amines is 1. The molecule has 0 unspecified atom stereocenters. The average Bonchev–Trinajstić information content (AvgIpc) is 3.31. The summed E-state index contributed by atoms with van der Waals surface area (Å²) in [4.78, 5) is 45.2. The number of H-pyrrole nitrogens is 1. The summed E-state index contributed by atoms with van der Waals surface area (Å²) < 4.78 is 26.7. The van der Waals surface area contributed by atoms with Crippen LogP contribution in [0, 0.1) is 11.6 Å². The molecular weight excluding hydrogens is 516 g/mol. The summed E-state index contributed by atoms with van der Waals surface area (Å²) >= 11 is 0. The van der Waals surface area contributed by atoms with E-state index in [-0.39, 0.29) is 16.9 Å². The number of primary amides is 1. The van der Waals surface area contributed by atoms with Gasteiger partial charge in [-0.1, -0.05) is 0 Å². The molecule has 0 aliphatic carbocycles. The summed E-state index contributed by atoms with van der Waals surface area (Å²) in [5, 5.41) is 26.6. The highest BCUT2D eigenvalue weighted by Gasteiger charge is 2.24. The number of carboxylic acid groups (broad SMARTS) is 2. The summed E-state index contributed by atoms with van der Waals surface area (Å²) in [6.07, 6.45) is 2.96. The van der Waals surface area contributed by atoms with Crippen LogP contribution in [0.2, 0.25) is 0 Å². The van der Waals surface area contributed by atoms with Crippen LogP contribution in [-0.4, -0.2) is 75.2 Å². The number of rotatable bonds is 8. The molecule has 0 saturated carbocycles. The van der Waals surface area contributed by atoms with Crippen molar-refractivity contribution in [2.75, 3.05) is 26.2 Å². The van der Waals surface area contributed by atoms with Crippen molar-refractivity contribution in [3.05, 3.63) is 77.0 Å². The van der Waals surface area contributed by atoms with Gasteiger partial charge in [0.1, 0.15) is 11.6 Å². The number of aromatic nitrogens is 2. The van der Waals surface area contributed by atoms with Gasteiger partial charge in [0.2, 0.25) is 5.91 Å². The normalized spacial score (nSPS) is 14.1. The quantitative estimate of drug-likeness (QED) is 0.269. The van der Waals surface area contributed by atoms with Gasteiger partial charge in [-0.15, -0.1) is 0 Å². The monoisotopic (exact) mass is 543 g/mol. The number of carbonyl (C=O) groups is 4. The Morgan fingerprint density at radius 1 is 1.00 bits per heavy atom. The number of aliphatic carboxylic acids is 2. The maximum atomic E-state index is 13.4. The maximum absolute atomic E-state index is 13.4. The van der Waals surface area contributed by atoms with Crippen molar-refractivity contribution in [3.8, 4) is 0 Å². The second kappa shape index (κ2) is 13.2. The second-order valence-electron chi connectivity index (χ2n) is 8.73. The molecule has 2 amide bonds. The molecule has 0 bridgehead atoms. The first-order valence-electron chi connectivity index (χ1n) is 11.9. The zero-order valence-electron chi connectivity index (χ0n) is 20.7. The molecule has 1 saturated heterocycles. The van der Waals surface area contributed by atoms with Crippen LogP contribution < -0.4 is 11.1 Å². The summed E-state index contributed by atoms with van der Waals surface area (Å²) in [6.45, 7) is 2.75. The number of likely N-dealkylation sites (tertiary alicyclic amines) is 1. The number of amides is 2. The molecule has 13 heteroatoms. The number of carboxylic acids is 2. The topological polar surface area (TPSA) is 179 Å². The van der Waals surface area contributed by atoms with E-state index in [1.165, 1.54) is 18.2 Å². The van der Waals surface area contributed by atoms with Gasteiger partial charge in [0.15, 0.2) is 0 Å². The first kappa shape index (κ1) is 28.9. The summed E-state index contributed by atoms with van der Waals surface area (Å²) in [5.41, 5.74) is 6.85. The lowest BCUT2D eigenvalue weighted by Crippen LogP contribution is -2.39. The Hall–Kier alpha value is -4.65. The third-order valence-electron chi connectivity index (χ3n) is 6.12. The van der Waals surface area contributed by atoms with Gasteiger partial charge >= 0.3 is 11.9 Å². The summed E-state index contributed by atoms with van der Waals surface area (Å²) in [5.74, 6) is -4.42. The van der Waals surface area contributed by atoms with Gasteiger partial charge in [0, 0.05) is 48.3 Å². The molecule has 39 heavy (non-hydrogen) atoms. The predicted molar refractivity (Wildman–Crippen MR) is 136 cm³/mol. The lowest BCUT2D eigenvalue weighted by atomic mass is 9.91. The van der Waals surface area contributed by atoms with Gasteiger partial charge in [-0.25, -0.2) is 18.4 Å². The molecule has 11 nitrogen and oxygen atoms in total. The van der Waals surface area contributed by atoms with E-state index < -0.39 is 29.6 Å². The Bertz CT molecular complexity index is 1380. The Kier molecular flexibility index (Phi) is 9.81. The maximum Gasteiger partial charge on any atom is 0.328 e. The van der Waals surface area contributed by atoms with Gasteiger partial charge in [0.05, 0.1) is 16.6 Å². The van der Waals surface area contributed by atoms with Gasteiger partial charge < -0.3 is 26.2 Å². The predicted octanol–water partition coefficient (Wildman–Crippen LogP) is 2.26. The number of piperidine rings is 1. The van der Waals surface area contributed by atoms with E-state index in [9.17, 15) is 28.0 Å². The molecule has 2 heterocycles. The molecular formula is C26H27F2N5O6. The minimum absolute atomic E-state index is 0.0650. The lowest BCUT2D eigenvalue weighted by Gasteiger charge is -2.31. The number of halogens is 2. The summed E-state index contributed by atoms with van der Waals surface area (Å²) in [6, 6.07) is 8.00. The molecule has 1 aromatic heterocycles. The minimum Gasteiger partial charge on any atom is -0.478 e. The molecule has 4 rings (SSSR count). The SMILES string of the molecule is NC(=O)c1cc(F)ccc1C(=O)NCCN1CCC(c2[nH]nc3cc(F)ccc23)CC1.O=C(O)C=CC(=O)O. The molecule has 0 radical (unpaired) electrons. The van der Waals surface area contributed by atoms with Crippen LogP contribution in [0.5, 0.6) is 0 Å². The molecule has 2 aromatic carbocycles. The number of benzene rings is 2. The summed E-state index contributed by atoms with van der Waals surface area (Å²) in [7, 11) is 0. The van der Waals surface area contributed by atoms with Crippen molar-refractivity contribution in [1.29, 1.82) is 0 Å². The third kappa shape index (κ3) is 8.17. The van der Waals surface area contributed by atoms with E-state index in [1.807, 2.05) is 0 Å². The number of fused-ring (bicyclic) bond motifs is 1. The highest BCUT2D eigenvalue weighted by Crippen LogP contribution is 2.31. The second-order valence-corrected chi connectivity index (χ2v) is 8.73. The minimum atomic E-state index is -1.26. The average molecular weight is 544 g/mol. The number of hydrogen-bond donors (Lipinski definition) is 5. The molecule has 206 valence electrons. The van der Waals surface area contributed by atoms with Gasteiger partial charge in [-0.05, 0) is 56.3 Å². The molecule has 1 fully saturated rings. The van der Waals surface area contributed by atoms with E-state index in [0.29, 0.717) is 36.7 Å². The van der Waals surface area contributed by atoms with E-state index in [2.05, 4.69) is 20.4 Å². The van der Waals surface area contributed by atoms with Crippen molar-refractivity contribution >= 4 is 34.7 Å². The van der Waals surface area contributed by atoms with Crippen LogP contribution in [0.1, 0.15) is 45.2 Å². The highest BCUT2D eigenvalue weighted by molar-refractivity contribution is 6.06. The van der Waals surface area contributed by atoms with Gasteiger partial charge in [-0.3, -0.25) is 14.7 Å². The fourth-order valence-corrected chi connectivity index (χ4v) is 4.25. The fourth-order valence-electron chi connectivity index (χ4n) is 4.25. The molecule has 1 aliphatic heterocycles. The van der Waals surface area contributed by atoms with Crippen molar-refractivity contribution in [2.45, 2.75) is 18.8 Å². The van der Waals surface area contributed by atoms with Crippen molar-refractivity contribution < 1.29 is 38.2 Å². The molecule has 0 spiro atoms. The first-order valence-corrected chi connectivity index (χ1v) is 11.9. The van der Waals surface area contributed by atoms with Crippen molar-refractivity contribution in [3.63, 3.8) is 0 Å². The van der Waals surface area contributed by atoms with Crippen molar-refractivity contribution in [2.24, 2.45) is 5.73 Å². The van der Waals surface area contributed by atoms with E-state index in [4.69, 9.17) is 15.9 Å². The van der Waals surface area contributed by atoms with Crippen LogP contribution in [0.4, 0.5) is 8.78 Å². The van der Waals surface area contributed by atoms with Gasteiger partial charge in [0.25, 0.3) is 5.91 Å². The Balaban J connectivity index is 0.000000459. The molecule has 3 aromatic rings. The number of nitrogens with zero attached hydrogens (tertiary/aromatic N) is 2. The van der Waals surface area contributed by atoms with Crippen LogP contribution in [0.25, 0.3) is 10.9 Å². The van der Waals surface area contributed by atoms with Crippen molar-refractivity contribution in [1.82, 2.24) is 20.4 Å². The molecule has 1 aliphatic rings. The smallest absolute Gasteiger partial charge is 0.328 e. The third-order valence-corrected chi connectivity index (χ3v) is 6.12. The number of carbonyl (C=O) groups excluding carboxylic acids is 2. The molecule has 0 atom stereocenters. The van der Waals surface area contributed by atoms with E-state index in [1.54, 1.807) is 6.07 Å². The van der Waals surface area contributed by atoms with Crippen LogP contribution >= 0.6 is 0 Å². The molecule has 6 N–H and O–H groups in total. The van der Waals surface area contributed by atoms with Crippen LogP contribution in [0.3, 0.4) is 0 Å². The number of nitrogens with one attached hydrogen (secondary N) is 2. The standard InChI is InChI=1S/C22H23F2N5O2.C4H4O4/c23-14-1-3-16(18(11-14)21(25)30)22(31)26-7-10-29-8-5-13(6-9-29)20-17-4-2-15(24)12-19(17)27-28-20;5-3(6)1-2-4(7)8/h1-4,11-13H,5-10H2,(H2,25,30)(H,26,31)(H,27,28);1-2H,(H,5,6)(H,7,8). The lowest BCUT2D eigenvalue weighted by molar-refractivity contribution is -0.134.